The molecule has 6 unspecified atom stereocenters. The van der Waals surface area contributed by atoms with Gasteiger partial charge < -0.3 is 24.8 Å². The van der Waals surface area contributed by atoms with Crippen molar-refractivity contribution in [2.45, 2.75) is 63.4 Å². The third-order valence-electron chi connectivity index (χ3n) is 12.0. The smallest absolute Gasteiger partial charge is 0.187 e. The molecule has 1 aromatic carbocycles. The van der Waals surface area contributed by atoms with Gasteiger partial charge in [0, 0.05) is 52.7 Å². The molecule has 1 N–H and O–H groups in total. The number of ether oxygens (including phenoxy) is 1. The second-order valence-corrected chi connectivity index (χ2v) is 14.6. The Kier molecular flexibility index (Phi) is 5.81. The quantitative estimate of drug-likeness (QED) is 0.363. The molecule has 0 bridgehead atoms. The first kappa shape index (κ1) is 27.1. The van der Waals surface area contributed by atoms with E-state index in [9.17, 15) is 0 Å². The zero-order chi connectivity index (χ0) is 31.3. The van der Waals surface area contributed by atoms with Crippen LogP contribution in [0.4, 0.5) is 5.69 Å². The van der Waals surface area contributed by atoms with Crippen LogP contribution in [-0.2, 0) is 4.74 Å². The van der Waals surface area contributed by atoms with Crippen LogP contribution in [0.5, 0.6) is 0 Å². The van der Waals surface area contributed by atoms with E-state index in [0.29, 0.717) is 23.8 Å². The summed E-state index contributed by atoms with van der Waals surface area (Å²) in [5.74, 6) is 2.17. The molecule has 6 aliphatic carbocycles. The van der Waals surface area contributed by atoms with Crippen LogP contribution in [0, 0.1) is 17.8 Å². The zero-order valence-electron chi connectivity index (χ0n) is 27.1. The van der Waals surface area contributed by atoms with E-state index in [1.54, 1.807) is 5.57 Å². The number of allylic oxidation sites excluding steroid dienone is 13. The summed E-state index contributed by atoms with van der Waals surface area (Å²) < 4.78 is 6.38. The lowest BCUT2D eigenvalue weighted by Gasteiger charge is -2.33. The Labute approximate surface area is 283 Å². The highest BCUT2D eigenvalue weighted by Gasteiger charge is 2.48. The molecule has 0 saturated heterocycles. The van der Waals surface area contributed by atoms with Crippen LogP contribution in [0.25, 0.3) is 0 Å². The Morgan fingerprint density at radius 1 is 0.667 bits per heavy atom. The summed E-state index contributed by atoms with van der Waals surface area (Å²) in [5.41, 5.74) is 14.0. The largest absolute Gasteiger partial charge is 0.485 e. The number of rotatable bonds is 3. The van der Waals surface area contributed by atoms with Crippen LogP contribution >= 0.6 is 0 Å². The summed E-state index contributed by atoms with van der Waals surface area (Å²) in [6, 6.07) is 11.3. The highest BCUT2D eigenvalue weighted by Crippen LogP contribution is 2.51. The molecule has 0 radical (unpaired) electrons. The Morgan fingerprint density at radius 3 is 2.42 bits per heavy atom. The molecule has 0 fully saturated rings. The third kappa shape index (κ3) is 3.85. The number of fused-ring (bicyclic) bond motifs is 7. The molecule has 5 nitrogen and oxygen atoms in total. The number of nitrogens with zero attached hydrogens (tertiary/aromatic N) is 3. The molecular weight excluding hydrogens is 589 g/mol. The number of benzene rings is 1. The SMILES string of the molecule is C1=CC2=C(CC1)NC1N(C3=CC4C5=C(C=CCC5)OC4C=C3)C3=C(CC(C4=CC5C6=C(C=CCC6)N(c6ccccc6)C5C=C4)C=C3)N21. The van der Waals surface area contributed by atoms with Gasteiger partial charge in [0.2, 0.25) is 0 Å². The second-order valence-electron chi connectivity index (χ2n) is 14.6. The van der Waals surface area contributed by atoms with Crippen LogP contribution in [0.15, 0.2) is 172 Å². The lowest BCUT2D eigenvalue weighted by Crippen LogP contribution is -2.44. The minimum atomic E-state index is 0.0666. The molecule has 48 heavy (non-hydrogen) atoms. The van der Waals surface area contributed by atoms with Gasteiger partial charge in [0.15, 0.2) is 6.29 Å². The van der Waals surface area contributed by atoms with Crippen molar-refractivity contribution < 1.29 is 4.74 Å². The molecule has 11 rings (SSSR count). The van der Waals surface area contributed by atoms with Crippen LogP contribution in [0.3, 0.4) is 0 Å². The number of anilines is 1. The first-order valence-corrected chi connectivity index (χ1v) is 18.1. The van der Waals surface area contributed by atoms with Crippen LogP contribution in [-0.4, -0.2) is 28.2 Å². The minimum Gasteiger partial charge on any atom is -0.485 e. The fraction of sp³-hybridized carbons (Fsp3) is 0.302. The standard InChI is InChI=1S/C43H40N4O/c1-2-10-29(11-3-1)45-36-15-7-4-12-31(36)33-24-27(18-21-37(33)45)28-19-22-39-40(25-28)47-38-16-8-6-14-35(38)44-43(47)46(39)30-20-23-42-34(26-30)32-13-5-9-17-41(32)48-42/h1-3,7-11,15-24,26,28,33-34,37,42-44H,4-6,12-14,25H2. The topological polar surface area (TPSA) is 31.0 Å². The Morgan fingerprint density at radius 2 is 1.50 bits per heavy atom. The van der Waals surface area contributed by atoms with Crippen LogP contribution in [0.1, 0.15) is 44.9 Å². The van der Waals surface area contributed by atoms with Gasteiger partial charge in [0.25, 0.3) is 0 Å². The molecule has 0 spiro atoms. The maximum atomic E-state index is 6.38. The first-order chi connectivity index (χ1) is 23.8. The van der Waals surface area contributed by atoms with E-state index in [-0.39, 0.29) is 12.4 Å². The van der Waals surface area contributed by atoms with Gasteiger partial charge in [-0.05, 0) is 110 Å². The molecule has 1 aromatic rings. The third-order valence-corrected chi connectivity index (χ3v) is 12.0. The summed E-state index contributed by atoms with van der Waals surface area (Å²) in [4.78, 5) is 7.76. The lowest BCUT2D eigenvalue weighted by molar-refractivity contribution is 0.167. The van der Waals surface area contributed by atoms with Crippen molar-refractivity contribution in [1.82, 2.24) is 15.1 Å². The molecular formula is C43H40N4O. The summed E-state index contributed by atoms with van der Waals surface area (Å²) in [5, 5.41) is 3.98. The summed E-state index contributed by atoms with van der Waals surface area (Å²) in [6.07, 6.45) is 41.3. The number of nitrogens with one attached hydrogen (secondary N) is 1. The van der Waals surface area contributed by atoms with Crippen molar-refractivity contribution in [1.29, 1.82) is 0 Å². The van der Waals surface area contributed by atoms with Gasteiger partial charge >= 0.3 is 0 Å². The van der Waals surface area contributed by atoms with Crippen molar-refractivity contribution in [3.05, 3.63) is 172 Å². The Hall–Kier alpha value is -4.90. The number of para-hydroxylation sites is 1. The highest BCUT2D eigenvalue weighted by atomic mass is 16.5. The van der Waals surface area contributed by atoms with E-state index in [1.165, 1.54) is 51.0 Å². The number of hydrogen-bond donors (Lipinski definition) is 1. The molecule has 0 aromatic heterocycles. The monoisotopic (exact) mass is 628 g/mol. The molecule has 5 heteroatoms. The van der Waals surface area contributed by atoms with E-state index in [4.69, 9.17) is 4.74 Å². The van der Waals surface area contributed by atoms with Crippen molar-refractivity contribution >= 4 is 5.69 Å². The van der Waals surface area contributed by atoms with E-state index < -0.39 is 0 Å². The van der Waals surface area contributed by atoms with E-state index >= 15 is 0 Å². The predicted octanol–water partition coefficient (Wildman–Crippen LogP) is 8.52. The van der Waals surface area contributed by atoms with Crippen LogP contribution in [0.2, 0.25) is 0 Å². The molecule has 6 atom stereocenters. The zero-order valence-corrected chi connectivity index (χ0v) is 27.1. The average molecular weight is 629 g/mol. The average Bonchev–Trinajstić information content (AvgIpc) is 3.88. The maximum Gasteiger partial charge on any atom is 0.187 e. The maximum absolute atomic E-state index is 6.38. The molecule has 0 saturated carbocycles. The van der Waals surface area contributed by atoms with Gasteiger partial charge in [0.1, 0.15) is 11.9 Å². The number of hydrogen-bond acceptors (Lipinski definition) is 5. The van der Waals surface area contributed by atoms with Crippen molar-refractivity contribution in [2.24, 2.45) is 17.8 Å². The molecule has 4 aliphatic heterocycles. The summed E-state index contributed by atoms with van der Waals surface area (Å²) in [7, 11) is 0. The van der Waals surface area contributed by atoms with Gasteiger partial charge in [0.05, 0.1) is 17.4 Å². The van der Waals surface area contributed by atoms with E-state index in [0.717, 1.165) is 50.7 Å². The molecule has 0 amide bonds. The van der Waals surface area contributed by atoms with Gasteiger partial charge in [-0.1, -0.05) is 60.7 Å². The molecule has 238 valence electrons. The second kappa shape index (κ2) is 10.3. The van der Waals surface area contributed by atoms with Gasteiger partial charge in [-0.3, -0.25) is 0 Å². The molecule has 4 heterocycles. The van der Waals surface area contributed by atoms with Crippen molar-refractivity contribution in [3.63, 3.8) is 0 Å². The molecule has 10 aliphatic rings. The van der Waals surface area contributed by atoms with E-state index in [2.05, 4.69) is 135 Å². The van der Waals surface area contributed by atoms with Gasteiger partial charge in [-0.2, -0.15) is 0 Å². The highest BCUT2D eigenvalue weighted by molar-refractivity contribution is 5.65. The lowest BCUT2D eigenvalue weighted by atomic mass is 9.79. The fourth-order valence-corrected chi connectivity index (χ4v) is 9.88. The summed E-state index contributed by atoms with van der Waals surface area (Å²) >= 11 is 0. The van der Waals surface area contributed by atoms with E-state index in [1.807, 2.05) is 0 Å². The predicted molar refractivity (Wildman–Crippen MR) is 190 cm³/mol. The van der Waals surface area contributed by atoms with Gasteiger partial charge in [-0.25, -0.2) is 0 Å². The Bertz CT molecular complexity index is 2010. The van der Waals surface area contributed by atoms with Crippen molar-refractivity contribution in [2.75, 3.05) is 4.90 Å². The van der Waals surface area contributed by atoms with Crippen LogP contribution < -0.4 is 10.2 Å². The first-order valence-electron chi connectivity index (χ1n) is 18.1. The fourth-order valence-electron chi connectivity index (χ4n) is 9.88. The summed E-state index contributed by atoms with van der Waals surface area (Å²) in [6.45, 7) is 0. The van der Waals surface area contributed by atoms with Gasteiger partial charge in [-0.15, -0.1) is 0 Å². The normalized spacial score (nSPS) is 33.3. The Balaban J connectivity index is 0.941. The minimum absolute atomic E-state index is 0.0666. The van der Waals surface area contributed by atoms with Crippen molar-refractivity contribution in [3.8, 4) is 0 Å².